The molecule has 1 N–H and O–H groups in total. The molecule has 4 heterocycles. The van der Waals surface area contributed by atoms with Crippen LogP contribution in [0.15, 0.2) is 76.6 Å². The van der Waals surface area contributed by atoms with Gasteiger partial charge in [0, 0.05) is 38.2 Å². The van der Waals surface area contributed by atoms with Gasteiger partial charge in [-0.2, -0.15) is 0 Å². The fourth-order valence-electron chi connectivity index (χ4n) is 7.52. The summed E-state index contributed by atoms with van der Waals surface area (Å²) in [6, 6.07) is 16.7. The molecule has 50 heavy (non-hydrogen) atoms. The van der Waals surface area contributed by atoms with E-state index in [9.17, 15) is 18.8 Å². The van der Waals surface area contributed by atoms with Crippen LogP contribution in [0.4, 0.5) is 4.39 Å². The zero-order valence-electron chi connectivity index (χ0n) is 28.9. The highest BCUT2D eigenvalue weighted by molar-refractivity contribution is 5.94. The summed E-state index contributed by atoms with van der Waals surface area (Å²) in [4.78, 5) is 50.2. The molecular formula is C40H45FN6O3. The van der Waals surface area contributed by atoms with Crippen molar-refractivity contribution >= 4 is 16.8 Å². The number of rotatable bonds is 11. The van der Waals surface area contributed by atoms with Gasteiger partial charge < -0.3 is 9.88 Å². The molecule has 7 rings (SSSR count). The number of pyridine rings is 1. The largest absolute Gasteiger partial charge is 0.337 e. The average Bonchev–Trinajstić information content (AvgIpc) is 3.57. The van der Waals surface area contributed by atoms with E-state index in [0.29, 0.717) is 49.4 Å². The molecule has 2 aliphatic rings. The standard InChI is InChI=1S/C40H45FN6O3/c1-26(2)17-18-42-23-28-9-13-29(14-10-28)30-6-5-7-33(21-30)46-38-34(22-31(41)24-43-38)39(49)47(40(46)50)32-15-11-27(12-16-32)20-36(48)35-25-45-19-4-3-8-37(45)44-35/h5-7,9-10,13-14,21-22,24-27,32,42H,3-4,8,11-12,15-20,23H2,1-2H3. The topological polar surface area (TPSA) is 104 Å². The minimum atomic E-state index is -0.637. The second kappa shape index (κ2) is 14.6. The zero-order valence-corrected chi connectivity index (χ0v) is 28.9. The number of carbonyl (C=O) groups excluding carboxylic acids is 1. The number of Topliss-reactive ketones (excluding diaryl/α,β-unsaturated/α-hetero) is 1. The van der Waals surface area contributed by atoms with Gasteiger partial charge in [-0.05, 0) is 98.2 Å². The van der Waals surface area contributed by atoms with Crippen LogP contribution in [0, 0.1) is 17.7 Å². The van der Waals surface area contributed by atoms with Crippen LogP contribution in [0.5, 0.6) is 0 Å². The summed E-state index contributed by atoms with van der Waals surface area (Å²) in [6.07, 6.45) is 10.1. The molecule has 0 spiro atoms. The number of fused-ring (bicyclic) bond motifs is 2. The predicted molar refractivity (Wildman–Crippen MR) is 193 cm³/mol. The van der Waals surface area contributed by atoms with Crippen molar-refractivity contribution in [1.82, 2.24) is 29.0 Å². The van der Waals surface area contributed by atoms with Crippen LogP contribution in [0.2, 0.25) is 0 Å². The molecule has 1 aliphatic heterocycles. The zero-order chi connectivity index (χ0) is 34.8. The van der Waals surface area contributed by atoms with Crippen LogP contribution >= 0.6 is 0 Å². The Morgan fingerprint density at radius 2 is 1.80 bits per heavy atom. The lowest BCUT2D eigenvalue weighted by atomic mass is 9.82. The fraction of sp³-hybridized carbons (Fsp3) is 0.425. The second-order valence-electron chi connectivity index (χ2n) is 14.4. The van der Waals surface area contributed by atoms with Crippen LogP contribution in [0.3, 0.4) is 0 Å². The third-order valence-electron chi connectivity index (χ3n) is 10.4. The van der Waals surface area contributed by atoms with E-state index in [0.717, 1.165) is 68.5 Å². The Bertz CT molecular complexity index is 2100. The first-order valence-corrected chi connectivity index (χ1v) is 18.1. The number of aryl methyl sites for hydroxylation is 2. The highest BCUT2D eigenvalue weighted by Gasteiger charge is 2.29. The minimum absolute atomic E-state index is 0.0509. The summed E-state index contributed by atoms with van der Waals surface area (Å²) in [5.41, 5.74) is 3.27. The molecule has 0 bridgehead atoms. The summed E-state index contributed by atoms with van der Waals surface area (Å²) in [5, 5.41) is 3.56. The average molecular weight is 677 g/mol. The number of imidazole rings is 1. The Morgan fingerprint density at radius 1 is 1.00 bits per heavy atom. The van der Waals surface area contributed by atoms with Crippen LogP contribution in [-0.2, 0) is 19.5 Å². The highest BCUT2D eigenvalue weighted by Crippen LogP contribution is 2.34. The number of carbonyl (C=O) groups is 1. The van der Waals surface area contributed by atoms with E-state index in [2.05, 4.69) is 58.0 Å². The number of benzene rings is 2. The third-order valence-corrected chi connectivity index (χ3v) is 10.4. The van der Waals surface area contributed by atoms with Crippen molar-refractivity contribution in [3.8, 4) is 16.8 Å². The van der Waals surface area contributed by atoms with E-state index in [1.54, 1.807) is 0 Å². The maximum atomic E-state index is 14.5. The summed E-state index contributed by atoms with van der Waals surface area (Å²) >= 11 is 0. The summed E-state index contributed by atoms with van der Waals surface area (Å²) in [5.74, 6) is 1.21. The van der Waals surface area contributed by atoms with Crippen LogP contribution in [-0.4, -0.2) is 36.0 Å². The van der Waals surface area contributed by atoms with Gasteiger partial charge in [0.1, 0.15) is 17.3 Å². The number of hydrogen-bond acceptors (Lipinski definition) is 6. The minimum Gasteiger partial charge on any atom is -0.334 e. The molecule has 10 heteroatoms. The number of hydrogen-bond donors (Lipinski definition) is 1. The number of nitrogens with zero attached hydrogens (tertiary/aromatic N) is 5. The Hall–Kier alpha value is -4.70. The number of aromatic nitrogens is 5. The Balaban J connectivity index is 1.13. The van der Waals surface area contributed by atoms with Crippen molar-refractivity contribution in [3.63, 3.8) is 0 Å². The summed E-state index contributed by atoms with van der Waals surface area (Å²) < 4.78 is 19.3. The molecule has 9 nitrogen and oxygen atoms in total. The molecule has 260 valence electrons. The lowest BCUT2D eigenvalue weighted by molar-refractivity contribution is 0.0938. The Labute approximate surface area is 291 Å². The quantitative estimate of drug-likeness (QED) is 0.119. The molecule has 1 fully saturated rings. The highest BCUT2D eigenvalue weighted by atomic mass is 19.1. The molecular weight excluding hydrogens is 631 g/mol. The van der Waals surface area contributed by atoms with E-state index in [-0.39, 0.29) is 28.8 Å². The van der Waals surface area contributed by atoms with Crippen molar-refractivity contribution in [2.45, 2.75) is 90.8 Å². The first-order chi connectivity index (χ1) is 24.2. The molecule has 0 atom stereocenters. The van der Waals surface area contributed by atoms with Crippen molar-refractivity contribution in [1.29, 1.82) is 0 Å². The summed E-state index contributed by atoms with van der Waals surface area (Å²) in [7, 11) is 0. The van der Waals surface area contributed by atoms with Gasteiger partial charge >= 0.3 is 5.69 Å². The van der Waals surface area contributed by atoms with Crippen LogP contribution < -0.4 is 16.6 Å². The molecule has 1 aliphatic carbocycles. The Kier molecular flexibility index (Phi) is 9.90. The van der Waals surface area contributed by atoms with E-state index in [1.165, 1.54) is 20.8 Å². The molecule has 1 saturated carbocycles. The molecule has 0 radical (unpaired) electrons. The lowest BCUT2D eigenvalue weighted by Gasteiger charge is -2.29. The molecule has 0 unspecified atom stereocenters. The third kappa shape index (κ3) is 7.12. The van der Waals surface area contributed by atoms with E-state index in [4.69, 9.17) is 0 Å². The van der Waals surface area contributed by atoms with Crippen LogP contribution in [0.1, 0.15) is 93.1 Å². The van der Waals surface area contributed by atoms with Crippen molar-refractivity contribution in [2.24, 2.45) is 11.8 Å². The van der Waals surface area contributed by atoms with Gasteiger partial charge in [-0.25, -0.2) is 23.7 Å². The van der Waals surface area contributed by atoms with Gasteiger partial charge in [0.25, 0.3) is 5.56 Å². The second-order valence-corrected chi connectivity index (χ2v) is 14.4. The SMILES string of the molecule is CC(C)CCNCc1ccc(-c2cccc(-n3c(=O)n(C4CCC(CC(=O)c5cn6c(n5)CCCC6)CC4)c(=O)c4cc(F)cnc43)c2)cc1. The molecule has 2 aromatic carbocycles. The maximum Gasteiger partial charge on any atom is 0.337 e. The maximum absolute atomic E-state index is 14.5. The first kappa shape index (κ1) is 33.8. The smallest absolute Gasteiger partial charge is 0.334 e. The monoisotopic (exact) mass is 676 g/mol. The van der Waals surface area contributed by atoms with Crippen LogP contribution in [0.25, 0.3) is 27.8 Å². The first-order valence-electron chi connectivity index (χ1n) is 18.1. The normalized spacial score (nSPS) is 17.7. The molecule has 0 saturated heterocycles. The number of nitrogens with one attached hydrogen (secondary N) is 1. The molecule has 3 aromatic heterocycles. The molecule has 0 amide bonds. The van der Waals surface area contributed by atoms with Gasteiger partial charge in [-0.15, -0.1) is 0 Å². The number of ketones is 1. The van der Waals surface area contributed by atoms with Crippen molar-refractivity contribution < 1.29 is 9.18 Å². The van der Waals surface area contributed by atoms with Crippen molar-refractivity contribution in [3.05, 3.63) is 111 Å². The van der Waals surface area contributed by atoms with Crippen molar-refractivity contribution in [2.75, 3.05) is 6.54 Å². The van der Waals surface area contributed by atoms with Gasteiger partial charge in [0.15, 0.2) is 11.4 Å². The van der Waals surface area contributed by atoms with Gasteiger partial charge in [0.2, 0.25) is 0 Å². The van der Waals surface area contributed by atoms with Gasteiger partial charge in [-0.1, -0.05) is 50.2 Å². The van der Waals surface area contributed by atoms with Gasteiger partial charge in [-0.3, -0.25) is 14.2 Å². The predicted octanol–water partition coefficient (Wildman–Crippen LogP) is 7.03. The fourth-order valence-corrected chi connectivity index (χ4v) is 7.52. The summed E-state index contributed by atoms with van der Waals surface area (Å²) in [6.45, 7) is 7.11. The van der Waals surface area contributed by atoms with E-state index in [1.807, 2.05) is 30.5 Å². The lowest BCUT2D eigenvalue weighted by Crippen LogP contribution is -2.43. The van der Waals surface area contributed by atoms with E-state index < -0.39 is 17.1 Å². The van der Waals surface area contributed by atoms with Gasteiger partial charge in [0.05, 0.1) is 17.3 Å². The molecule has 5 aromatic rings. The van der Waals surface area contributed by atoms with E-state index >= 15 is 0 Å². The Morgan fingerprint density at radius 3 is 2.56 bits per heavy atom. The number of halogens is 1.